The molecule has 0 aromatic heterocycles. The van der Waals surface area contributed by atoms with E-state index in [4.69, 9.17) is 27.9 Å². The molecule has 22 heavy (non-hydrogen) atoms. The third-order valence-corrected chi connectivity index (χ3v) is 2.52. The summed E-state index contributed by atoms with van der Waals surface area (Å²) in [4.78, 5) is 44.9. The van der Waals surface area contributed by atoms with Crippen molar-refractivity contribution in [3.05, 3.63) is 4.91 Å². The van der Waals surface area contributed by atoms with Gasteiger partial charge in [-0.25, -0.2) is 14.4 Å². The molecule has 12 heteroatoms. The van der Waals surface area contributed by atoms with Gasteiger partial charge in [0.25, 0.3) is 0 Å². The maximum atomic E-state index is 11.7. The van der Waals surface area contributed by atoms with Gasteiger partial charge in [0.2, 0.25) is 0 Å². The van der Waals surface area contributed by atoms with Crippen molar-refractivity contribution in [1.82, 2.24) is 15.6 Å². The average Bonchev–Trinajstić information content (AvgIpc) is 2.53. The number of ether oxygens (including phenoxy) is 2. The number of carbonyl (C=O) groups is 3. The highest BCUT2D eigenvalue weighted by Gasteiger charge is 2.26. The lowest BCUT2D eigenvalue weighted by molar-refractivity contribution is -0.143. The summed E-state index contributed by atoms with van der Waals surface area (Å²) < 4.78 is 9.19. The molecule has 2 N–H and O–H groups in total. The first kappa shape index (κ1) is 20.2. The number of alkyl halides is 2. The van der Waals surface area contributed by atoms with Crippen molar-refractivity contribution in [2.24, 2.45) is 5.29 Å². The molecule has 0 bridgehead atoms. The Kier molecular flexibility index (Phi) is 10.8. The predicted molar refractivity (Wildman–Crippen MR) is 77.6 cm³/mol. The molecule has 0 saturated heterocycles. The molecule has 0 aliphatic heterocycles. The van der Waals surface area contributed by atoms with Crippen LogP contribution in [0.15, 0.2) is 5.29 Å². The number of hydrogen-bond donors (Lipinski definition) is 2. The first-order valence-corrected chi connectivity index (χ1v) is 7.08. The minimum Gasteiger partial charge on any atom is -0.467 e. The fourth-order valence-corrected chi connectivity index (χ4v) is 1.41. The number of esters is 1. The second kappa shape index (κ2) is 11.8. The van der Waals surface area contributed by atoms with E-state index in [1.807, 2.05) is 0 Å². The van der Waals surface area contributed by atoms with Crippen LogP contribution in [0.2, 0.25) is 0 Å². The van der Waals surface area contributed by atoms with E-state index in [-0.39, 0.29) is 24.8 Å². The van der Waals surface area contributed by atoms with E-state index in [0.717, 1.165) is 7.11 Å². The third-order valence-electron chi connectivity index (χ3n) is 2.16. The quantitative estimate of drug-likeness (QED) is 0.266. The van der Waals surface area contributed by atoms with Crippen molar-refractivity contribution < 1.29 is 23.9 Å². The Balaban J connectivity index is 4.58. The molecule has 0 radical (unpaired) electrons. The minimum absolute atomic E-state index is 0.0284. The van der Waals surface area contributed by atoms with E-state index in [2.05, 4.69) is 20.7 Å². The smallest absolute Gasteiger partial charge is 0.407 e. The topological polar surface area (TPSA) is 126 Å². The lowest BCUT2D eigenvalue weighted by Crippen LogP contribution is -2.50. The summed E-state index contributed by atoms with van der Waals surface area (Å²) >= 11 is 10.8. The van der Waals surface area contributed by atoms with Gasteiger partial charge in [-0.2, -0.15) is 5.01 Å². The maximum Gasteiger partial charge on any atom is 0.407 e. The summed E-state index contributed by atoms with van der Waals surface area (Å²) in [5.41, 5.74) is 0. The van der Waals surface area contributed by atoms with E-state index in [1.54, 1.807) is 0 Å². The fraction of sp³-hybridized carbons (Fsp3) is 0.700. The number of nitrogens with zero attached hydrogens (tertiary/aromatic N) is 2. The number of urea groups is 1. The van der Waals surface area contributed by atoms with Crippen LogP contribution in [0.25, 0.3) is 0 Å². The number of nitrogens with one attached hydrogen (secondary N) is 2. The number of rotatable bonds is 9. The molecular weight excluding hydrogens is 343 g/mol. The van der Waals surface area contributed by atoms with Crippen molar-refractivity contribution >= 4 is 41.3 Å². The Morgan fingerprint density at radius 1 is 1.27 bits per heavy atom. The number of methoxy groups -OCH3 is 1. The molecule has 0 aromatic carbocycles. The van der Waals surface area contributed by atoms with E-state index in [1.165, 1.54) is 0 Å². The van der Waals surface area contributed by atoms with Crippen LogP contribution in [-0.4, -0.2) is 67.7 Å². The molecule has 10 nitrogen and oxygen atoms in total. The van der Waals surface area contributed by atoms with Crippen LogP contribution in [0.1, 0.15) is 0 Å². The lowest BCUT2D eigenvalue weighted by Gasteiger charge is -2.19. The van der Waals surface area contributed by atoms with Gasteiger partial charge in [-0.1, -0.05) is 0 Å². The molecule has 0 aromatic rings. The SMILES string of the molecule is COC(=O)[C@H](COC(=O)NCCCl)NC(=O)N(CCCl)N=O. The van der Waals surface area contributed by atoms with Gasteiger partial charge >= 0.3 is 18.1 Å². The van der Waals surface area contributed by atoms with Crippen LogP contribution >= 0.6 is 23.2 Å². The van der Waals surface area contributed by atoms with Crippen molar-refractivity contribution in [3.8, 4) is 0 Å². The second-order valence-corrected chi connectivity index (χ2v) is 4.39. The molecular formula is C10H16Cl2N4O6. The van der Waals surface area contributed by atoms with Crippen LogP contribution in [0.5, 0.6) is 0 Å². The Labute approximate surface area is 136 Å². The van der Waals surface area contributed by atoms with Crippen LogP contribution in [-0.2, 0) is 14.3 Å². The molecule has 0 fully saturated rings. The largest absolute Gasteiger partial charge is 0.467 e. The summed E-state index contributed by atoms with van der Waals surface area (Å²) in [5, 5.41) is 7.38. The van der Waals surface area contributed by atoms with Crippen molar-refractivity contribution in [2.45, 2.75) is 6.04 Å². The van der Waals surface area contributed by atoms with Gasteiger partial charge < -0.3 is 20.1 Å². The monoisotopic (exact) mass is 358 g/mol. The van der Waals surface area contributed by atoms with Crippen LogP contribution in [0.3, 0.4) is 0 Å². The molecule has 0 heterocycles. The normalized spacial score (nSPS) is 11.0. The predicted octanol–water partition coefficient (Wildman–Crippen LogP) is 0.425. The van der Waals surface area contributed by atoms with Gasteiger partial charge in [-0.3, -0.25) is 0 Å². The zero-order valence-electron chi connectivity index (χ0n) is 11.7. The maximum absolute atomic E-state index is 11.7. The Bertz CT molecular complexity index is 398. The average molecular weight is 359 g/mol. The van der Waals surface area contributed by atoms with Gasteiger partial charge in [-0.05, 0) is 0 Å². The number of hydrogen-bond acceptors (Lipinski definition) is 7. The van der Waals surface area contributed by atoms with Gasteiger partial charge in [-0.15, -0.1) is 28.1 Å². The first-order valence-electron chi connectivity index (χ1n) is 6.01. The second-order valence-electron chi connectivity index (χ2n) is 3.63. The zero-order chi connectivity index (χ0) is 17.0. The first-order chi connectivity index (χ1) is 10.5. The van der Waals surface area contributed by atoms with Crippen molar-refractivity contribution in [1.29, 1.82) is 0 Å². The summed E-state index contributed by atoms with van der Waals surface area (Å²) in [7, 11) is 1.09. The molecule has 0 aliphatic rings. The molecule has 0 spiro atoms. The Morgan fingerprint density at radius 2 is 1.95 bits per heavy atom. The molecule has 0 unspecified atom stereocenters. The van der Waals surface area contributed by atoms with Gasteiger partial charge in [0.05, 0.1) is 18.9 Å². The number of halogens is 2. The highest BCUT2D eigenvalue weighted by Crippen LogP contribution is 1.97. The van der Waals surface area contributed by atoms with Crippen LogP contribution < -0.4 is 10.6 Å². The van der Waals surface area contributed by atoms with E-state index in [9.17, 15) is 19.3 Å². The standard InChI is InChI=1S/C10H16Cl2N4O6/c1-21-8(17)7(6-22-10(19)13-4-2-11)14-9(18)16(15-20)5-3-12/h7H,2-6H2,1H3,(H,13,19)(H,14,18)/t7-/m0/s1. The number of alkyl carbamates (subject to hydrolysis) is 1. The Hall–Kier alpha value is -1.81. The number of carbonyl (C=O) groups excluding carboxylic acids is 3. The molecule has 0 aliphatic carbocycles. The fourth-order valence-electron chi connectivity index (χ4n) is 1.15. The summed E-state index contributed by atoms with van der Waals surface area (Å²) in [5.74, 6) is -0.709. The molecule has 3 amide bonds. The van der Waals surface area contributed by atoms with Crippen molar-refractivity contribution in [2.75, 3.05) is 38.6 Å². The third kappa shape index (κ3) is 7.84. The molecule has 0 rings (SSSR count). The Morgan fingerprint density at radius 3 is 2.45 bits per heavy atom. The van der Waals surface area contributed by atoms with E-state index >= 15 is 0 Å². The lowest BCUT2D eigenvalue weighted by atomic mass is 10.3. The van der Waals surface area contributed by atoms with E-state index in [0.29, 0.717) is 5.01 Å². The summed E-state index contributed by atoms with van der Waals surface area (Å²) in [6, 6.07) is -2.28. The summed E-state index contributed by atoms with van der Waals surface area (Å²) in [6.07, 6.45) is -0.824. The van der Waals surface area contributed by atoms with Crippen LogP contribution in [0.4, 0.5) is 9.59 Å². The van der Waals surface area contributed by atoms with Gasteiger partial charge in [0, 0.05) is 18.3 Å². The van der Waals surface area contributed by atoms with Crippen molar-refractivity contribution in [3.63, 3.8) is 0 Å². The number of amides is 3. The highest BCUT2D eigenvalue weighted by atomic mass is 35.5. The molecule has 1 atom stereocenters. The zero-order valence-corrected chi connectivity index (χ0v) is 13.2. The van der Waals surface area contributed by atoms with E-state index < -0.39 is 30.7 Å². The summed E-state index contributed by atoms with van der Waals surface area (Å²) in [6.45, 7) is -0.476. The molecule has 126 valence electrons. The van der Waals surface area contributed by atoms with Gasteiger partial charge in [0.1, 0.15) is 6.61 Å². The minimum atomic E-state index is -1.31. The van der Waals surface area contributed by atoms with Crippen LogP contribution in [0, 0.1) is 4.91 Å². The number of nitroso groups, excluding NO2 is 1. The molecule has 0 saturated carbocycles. The van der Waals surface area contributed by atoms with Gasteiger partial charge in [0.15, 0.2) is 6.04 Å². The highest BCUT2D eigenvalue weighted by molar-refractivity contribution is 6.18.